The topological polar surface area (TPSA) is 54.5 Å². The maximum atomic E-state index is 11.6. The summed E-state index contributed by atoms with van der Waals surface area (Å²) in [6.07, 6.45) is 2.46. The molecule has 1 aliphatic rings. The van der Waals surface area contributed by atoms with E-state index in [1.165, 1.54) is 12.7 Å². The Balaban J connectivity index is 1.77. The van der Waals surface area contributed by atoms with Gasteiger partial charge in [-0.25, -0.2) is 4.79 Å². The molecule has 1 saturated heterocycles. The Hall–Kier alpha value is -2.40. The van der Waals surface area contributed by atoms with Crippen LogP contribution in [0.3, 0.4) is 0 Å². The lowest BCUT2D eigenvalue weighted by molar-refractivity contribution is 0.132. The third-order valence-electron chi connectivity index (χ3n) is 4.14. The van der Waals surface area contributed by atoms with E-state index in [1.807, 2.05) is 42.6 Å². The number of pyridine rings is 1. The average Bonchev–Trinajstić information content (AvgIpc) is 3.09. The third-order valence-corrected chi connectivity index (χ3v) is 4.14. The number of methoxy groups -OCH3 is 1. The van der Waals surface area contributed by atoms with Crippen LogP contribution in [-0.2, 0) is 4.74 Å². The van der Waals surface area contributed by atoms with Crippen LogP contribution < -0.4 is 5.32 Å². The molecule has 0 saturated carbocycles. The fourth-order valence-corrected chi connectivity index (χ4v) is 2.97. The number of nitrogens with one attached hydrogen (secondary N) is 1. The average molecular weight is 311 g/mol. The number of carbonyl (C=O) groups is 1. The number of benzene rings is 1. The van der Waals surface area contributed by atoms with Gasteiger partial charge < -0.3 is 15.0 Å². The Morgan fingerprint density at radius 2 is 2.04 bits per heavy atom. The molecule has 0 spiro atoms. The molecule has 3 rings (SSSR count). The quantitative estimate of drug-likeness (QED) is 0.943. The Kier molecular flexibility index (Phi) is 4.88. The molecule has 0 aliphatic carbocycles. The Bertz CT molecular complexity index is 594. The van der Waals surface area contributed by atoms with Gasteiger partial charge in [0, 0.05) is 25.3 Å². The van der Waals surface area contributed by atoms with Crippen molar-refractivity contribution in [2.45, 2.75) is 18.5 Å². The number of hydrogen-bond acceptors (Lipinski definition) is 4. The van der Waals surface area contributed by atoms with Gasteiger partial charge in [0.1, 0.15) is 0 Å². The summed E-state index contributed by atoms with van der Waals surface area (Å²) in [5.41, 5.74) is 2.15. The van der Waals surface area contributed by atoms with Gasteiger partial charge in [-0.05, 0) is 24.1 Å². The number of aromatic nitrogens is 1. The lowest BCUT2D eigenvalue weighted by atomic mass is 10.0. The molecular weight excluding hydrogens is 290 g/mol. The lowest BCUT2D eigenvalue weighted by Crippen LogP contribution is -2.37. The Morgan fingerprint density at radius 3 is 2.74 bits per heavy atom. The van der Waals surface area contributed by atoms with Gasteiger partial charge in [0.15, 0.2) is 0 Å². The highest BCUT2D eigenvalue weighted by atomic mass is 16.5. The maximum Gasteiger partial charge on any atom is 0.409 e. The molecule has 1 N–H and O–H groups in total. The second kappa shape index (κ2) is 7.24. The molecule has 0 unspecified atom stereocenters. The van der Waals surface area contributed by atoms with Crippen molar-refractivity contribution in [1.29, 1.82) is 0 Å². The summed E-state index contributed by atoms with van der Waals surface area (Å²) in [4.78, 5) is 17.9. The molecule has 1 fully saturated rings. The van der Waals surface area contributed by atoms with E-state index in [-0.39, 0.29) is 18.2 Å². The number of nitrogens with zero attached hydrogens (tertiary/aromatic N) is 2. The number of ether oxygens (including phenoxy) is 1. The highest BCUT2D eigenvalue weighted by Gasteiger charge is 2.29. The van der Waals surface area contributed by atoms with Crippen LogP contribution in [0.25, 0.3) is 0 Å². The summed E-state index contributed by atoms with van der Waals surface area (Å²) < 4.78 is 4.80. The fourth-order valence-electron chi connectivity index (χ4n) is 2.97. The Morgan fingerprint density at radius 1 is 1.26 bits per heavy atom. The van der Waals surface area contributed by atoms with Gasteiger partial charge in [-0.2, -0.15) is 0 Å². The van der Waals surface area contributed by atoms with Crippen LogP contribution in [0.1, 0.15) is 23.7 Å². The molecular formula is C18H21N3O2. The van der Waals surface area contributed by atoms with Gasteiger partial charge in [0.2, 0.25) is 0 Å². The first kappa shape index (κ1) is 15.5. The largest absolute Gasteiger partial charge is 0.453 e. The van der Waals surface area contributed by atoms with Crippen molar-refractivity contribution in [2.24, 2.45) is 0 Å². The normalized spacial score (nSPS) is 18.7. The molecule has 1 aromatic heterocycles. The zero-order valence-electron chi connectivity index (χ0n) is 13.2. The number of amides is 1. The van der Waals surface area contributed by atoms with Gasteiger partial charge in [-0.3, -0.25) is 4.98 Å². The van der Waals surface area contributed by atoms with Crippen LogP contribution >= 0.6 is 0 Å². The highest BCUT2D eigenvalue weighted by Crippen LogP contribution is 2.23. The van der Waals surface area contributed by atoms with Crippen LogP contribution in [0.5, 0.6) is 0 Å². The first-order valence-electron chi connectivity index (χ1n) is 7.82. The molecule has 2 aromatic rings. The monoisotopic (exact) mass is 311 g/mol. The van der Waals surface area contributed by atoms with Crippen LogP contribution in [-0.4, -0.2) is 42.2 Å². The summed E-state index contributed by atoms with van der Waals surface area (Å²) in [6, 6.07) is 16.4. The minimum Gasteiger partial charge on any atom is -0.453 e. The molecule has 0 bridgehead atoms. The van der Waals surface area contributed by atoms with Gasteiger partial charge in [-0.1, -0.05) is 36.4 Å². The van der Waals surface area contributed by atoms with E-state index in [0.717, 1.165) is 12.1 Å². The zero-order valence-corrected chi connectivity index (χ0v) is 13.2. The second-order valence-electron chi connectivity index (χ2n) is 5.67. The van der Waals surface area contributed by atoms with E-state index in [2.05, 4.69) is 22.4 Å². The van der Waals surface area contributed by atoms with Crippen molar-refractivity contribution >= 4 is 6.09 Å². The number of hydrogen-bond donors (Lipinski definition) is 1. The van der Waals surface area contributed by atoms with Crippen molar-refractivity contribution in [3.05, 3.63) is 66.0 Å². The molecule has 0 radical (unpaired) electrons. The molecule has 120 valence electrons. The first-order valence-corrected chi connectivity index (χ1v) is 7.82. The van der Waals surface area contributed by atoms with E-state index >= 15 is 0 Å². The predicted octanol–water partition coefficient (Wildman–Crippen LogP) is 2.60. The fraction of sp³-hybridized carbons (Fsp3) is 0.333. The van der Waals surface area contributed by atoms with E-state index in [0.29, 0.717) is 13.1 Å². The zero-order chi connectivity index (χ0) is 16.1. The van der Waals surface area contributed by atoms with E-state index in [4.69, 9.17) is 4.74 Å². The number of carbonyl (C=O) groups excluding carboxylic acids is 1. The Labute approximate surface area is 136 Å². The molecule has 1 aromatic carbocycles. The molecule has 5 heteroatoms. The minimum atomic E-state index is -0.261. The SMILES string of the molecule is COC(=O)N1CC[C@H](N[C@@H](c2ccccc2)c2ccccn2)C1. The predicted molar refractivity (Wildman–Crippen MR) is 88.0 cm³/mol. The van der Waals surface area contributed by atoms with Crippen LogP contribution in [0.15, 0.2) is 54.7 Å². The summed E-state index contributed by atoms with van der Waals surface area (Å²) >= 11 is 0. The third kappa shape index (κ3) is 3.68. The summed E-state index contributed by atoms with van der Waals surface area (Å²) in [6.45, 7) is 1.37. The van der Waals surface area contributed by atoms with Crippen molar-refractivity contribution in [2.75, 3.05) is 20.2 Å². The van der Waals surface area contributed by atoms with E-state index < -0.39 is 0 Å². The van der Waals surface area contributed by atoms with Crippen LogP contribution in [0.2, 0.25) is 0 Å². The first-order chi connectivity index (χ1) is 11.3. The van der Waals surface area contributed by atoms with E-state index in [1.54, 1.807) is 4.90 Å². The van der Waals surface area contributed by atoms with Crippen molar-refractivity contribution in [1.82, 2.24) is 15.2 Å². The minimum absolute atomic E-state index is 0.0139. The smallest absolute Gasteiger partial charge is 0.409 e. The van der Waals surface area contributed by atoms with Gasteiger partial charge >= 0.3 is 6.09 Å². The number of rotatable bonds is 4. The maximum absolute atomic E-state index is 11.6. The van der Waals surface area contributed by atoms with Crippen LogP contribution in [0, 0.1) is 0 Å². The van der Waals surface area contributed by atoms with Crippen molar-refractivity contribution in [3.8, 4) is 0 Å². The van der Waals surface area contributed by atoms with Crippen molar-refractivity contribution < 1.29 is 9.53 Å². The lowest BCUT2D eigenvalue weighted by Gasteiger charge is -2.23. The van der Waals surface area contributed by atoms with Gasteiger partial charge in [0.25, 0.3) is 0 Å². The molecule has 2 atom stereocenters. The van der Waals surface area contributed by atoms with Gasteiger partial charge in [0.05, 0.1) is 18.8 Å². The summed E-state index contributed by atoms with van der Waals surface area (Å²) in [5.74, 6) is 0. The highest BCUT2D eigenvalue weighted by molar-refractivity contribution is 5.67. The summed E-state index contributed by atoms with van der Waals surface area (Å²) in [7, 11) is 1.42. The summed E-state index contributed by atoms with van der Waals surface area (Å²) in [5, 5.41) is 3.65. The standard InChI is InChI=1S/C18H21N3O2/c1-23-18(22)21-12-10-15(13-21)20-17(14-7-3-2-4-8-14)16-9-5-6-11-19-16/h2-9,11,15,17,20H,10,12-13H2,1H3/t15-,17-/m0/s1. The molecule has 5 nitrogen and oxygen atoms in total. The van der Waals surface area contributed by atoms with Gasteiger partial charge in [-0.15, -0.1) is 0 Å². The van der Waals surface area contributed by atoms with Crippen molar-refractivity contribution in [3.63, 3.8) is 0 Å². The molecule has 1 aliphatic heterocycles. The second-order valence-corrected chi connectivity index (χ2v) is 5.67. The van der Waals surface area contributed by atoms with E-state index in [9.17, 15) is 4.79 Å². The molecule has 2 heterocycles. The number of likely N-dealkylation sites (tertiary alicyclic amines) is 1. The molecule has 1 amide bonds. The van der Waals surface area contributed by atoms with Crippen LogP contribution in [0.4, 0.5) is 4.79 Å². The molecule has 23 heavy (non-hydrogen) atoms.